The number of hydrogen-bond donors (Lipinski definition) is 1. The van der Waals surface area contributed by atoms with Gasteiger partial charge in [-0.1, -0.05) is 0 Å². The number of rotatable bonds is 2. The molecule has 0 aliphatic rings. The van der Waals surface area contributed by atoms with Gasteiger partial charge in [0, 0.05) is 12.5 Å². The lowest BCUT2D eigenvalue weighted by Crippen LogP contribution is -2.26. The zero-order valence-corrected chi connectivity index (χ0v) is 15.9. The van der Waals surface area contributed by atoms with Gasteiger partial charge in [-0.15, -0.1) is 0 Å². The Bertz CT molecular complexity index is 773. The maximum absolute atomic E-state index is 10.7. The highest BCUT2D eigenvalue weighted by Gasteiger charge is 2.22. The molecule has 138 valence electrons. The lowest BCUT2D eigenvalue weighted by molar-refractivity contribution is 0.509. The van der Waals surface area contributed by atoms with Crippen molar-refractivity contribution in [3.63, 3.8) is 0 Å². The van der Waals surface area contributed by atoms with E-state index in [1.54, 1.807) is 20.8 Å². The van der Waals surface area contributed by atoms with Crippen molar-refractivity contribution in [3.8, 4) is 0 Å². The summed E-state index contributed by atoms with van der Waals surface area (Å²) in [5.74, 6) is 0.113. The number of oxazole rings is 2. The molecule has 2 aromatic heterocycles. The molecule has 2 aromatic rings. The summed E-state index contributed by atoms with van der Waals surface area (Å²) in [6.45, 7) is 5.05. The first-order valence-electron chi connectivity index (χ1n) is 6.63. The number of nitrogens with zero attached hydrogens (tertiary/aromatic N) is 2. The molecular weight excluding hydrogens is 358 g/mol. The van der Waals surface area contributed by atoms with Gasteiger partial charge in [-0.3, -0.25) is 0 Å². The van der Waals surface area contributed by atoms with Crippen LogP contribution in [0.4, 0.5) is 6.01 Å². The van der Waals surface area contributed by atoms with Crippen molar-refractivity contribution < 1.29 is 25.7 Å². The Balaban J connectivity index is 0.000000342. The Labute approximate surface area is 142 Å². The van der Waals surface area contributed by atoms with Gasteiger partial charge in [0.05, 0.1) is 17.1 Å². The summed E-state index contributed by atoms with van der Waals surface area (Å²) in [6.07, 6.45) is 8.07. The van der Waals surface area contributed by atoms with Gasteiger partial charge in [0.1, 0.15) is 18.3 Å². The minimum atomic E-state index is -3.00. The van der Waals surface area contributed by atoms with Gasteiger partial charge in [0.25, 0.3) is 6.01 Å². The van der Waals surface area contributed by atoms with E-state index < -0.39 is 24.4 Å². The number of nitrogens with two attached hydrogens (primary N) is 1. The summed E-state index contributed by atoms with van der Waals surface area (Å²) in [5, 5.41) is 0. The van der Waals surface area contributed by atoms with Crippen molar-refractivity contribution in [3.05, 3.63) is 30.8 Å². The van der Waals surface area contributed by atoms with Crippen molar-refractivity contribution >= 4 is 25.7 Å². The molecule has 24 heavy (non-hydrogen) atoms. The lowest BCUT2D eigenvalue weighted by atomic mass is 10.3. The van der Waals surface area contributed by atoms with Crippen LogP contribution in [0.5, 0.6) is 0 Å². The molecule has 0 saturated carbocycles. The molecule has 0 aliphatic heterocycles. The minimum absolute atomic E-state index is 0.125. The summed E-state index contributed by atoms with van der Waals surface area (Å²) in [4.78, 5) is 7.18. The zero-order valence-electron chi connectivity index (χ0n) is 14.3. The number of anilines is 1. The molecule has 0 amide bonds. The topological polar surface area (TPSA) is 146 Å². The molecule has 0 atom stereocenters. The first-order valence-corrected chi connectivity index (χ1v) is 10.6. The smallest absolute Gasteiger partial charge is 0.291 e. The third kappa shape index (κ3) is 10.8. The van der Waals surface area contributed by atoms with Crippen molar-refractivity contribution in [2.24, 2.45) is 0 Å². The molecule has 2 rings (SSSR count). The van der Waals surface area contributed by atoms with Gasteiger partial charge >= 0.3 is 0 Å². The Morgan fingerprint density at radius 2 is 1.46 bits per heavy atom. The molecule has 11 heteroatoms. The molecule has 0 aromatic carbocycles. The minimum Gasteiger partial charge on any atom is -0.448 e. The van der Waals surface area contributed by atoms with E-state index >= 15 is 0 Å². The van der Waals surface area contributed by atoms with Gasteiger partial charge in [0.2, 0.25) is 5.89 Å². The van der Waals surface area contributed by atoms with Crippen molar-refractivity contribution in [2.45, 2.75) is 31.3 Å². The van der Waals surface area contributed by atoms with Crippen molar-refractivity contribution in [1.29, 1.82) is 0 Å². The second-order valence-electron chi connectivity index (χ2n) is 5.75. The SMILES string of the molecule is CC(C)(C)S(C)(=O)=O.CS(=O)(=O)Cc1ncco1.Nc1ncco1. The standard InChI is InChI=1S/C5H7NO3S.C5H12O2S.C3H4N2O/c1-10(7,8)4-5-6-2-3-9-5;1-5(2,3)8(4,6)7;4-3-5-1-2-6-3/h2-3H,4H2,1H3;1-4H3;1-2H,(H2,4,5). The van der Waals surface area contributed by atoms with E-state index in [0.717, 1.165) is 6.26 Å². The number of sulfone groups is 2. The van der Waals surface area contributed by atoms with Crippen LogP contribution in [-0.2, 0) is 25.4 Å². The molecule has 0 fully saturated rings. The highest BCUT2D eigenvalue weighted by Crippen LogP contribution is 2.11. The van der Waals surface area contributed by atoms with Crippen LogP contribution < -0.4 is 5.73 Å². The zero-order chi connectivity index (χ0) is 19.0. The van der Waals surface area contributed by atoms with Gasteiger partial charge in [-0.05, 0) is 20.8 Å². The van der Waals surface area contributed by atoms with E-state index in [2.05, 4.69) is 14.4 Å². The molecule has 9 nitrogen and oxygen atoms in total. The molecule has 0 saturated heterocycles. The summed E-state index contributed by atoms with van der Waals surface area (Å²) in [5.41, 5.74) is 5.00. The van der Waals surface area contributed by atoms with Gasteiger partial charge in [-0.2, -0.15) is 0 Å². The van der Waals surface area contributed by atoms with E-state index in [1.807, 2.05) is 0 Å². The fraction of sp³-hybridized carbons (Fsp3) is 0.538. The Morgan fingerprint density at radius 3 is 1.67 bits per heavy atom. The van der Waals surface area contributed by atoms with Crippen LogP contribution >= 0.6 is 0 Å². The highest BCUT2D eigenvalue weighted by atomic mass is 32.2. The summed E-state index contributed by atoms with van der Waals surface area (Å²) < 4.78 is 51.1. The van der Waals surface area contributed by atoms with E-state index in [1.165, 1.54) is 31.2 Å². The largest absolute Gasteiger partial charge is 0.448 e. The number of hydrogen-bond acceptors (Lipinski definition) is 9. The predicted octanol–water partition coefficient (Wildman–Crippen LogP) is 1.31. The van der Waals surface area contributed by atoms with Crippen molar-refractivity contribution in [1.82, 2.24) is 9.97 Å². The van der Waals surface area contributed by atoms with E-state index in [9.17, 15) is 16.8 Å². The molecule has 0 spiro atoms. The third-order valence-corrected chi connectivity index (χ3v) is 5.43. The van der Waals surface area contributed by atoms with Crippen LogP contribution in [0, 0.1) is 0 Å². The summed E-state index contributed by atoms with van der Waals surface area (Å²) in [7, 11) is -5.84. The predicted molar refractivity (Wildman–Crippen MR) is 90.6 cm³/mol. The number of nitrogen functional groups attached to an aromatic ring is 1. The molecule has 0 aliphatic carbocycles. The molecule has 0 radical (unpaired) electrons. The normalized spacial score (nSPS) is 11.7. The summed E-state index contributed by atoms with van der Waals surface area (Å²) in [6, 6.07) is 0.218. The van der Waals surface area contributed by atoms with Crippen LogP contribution in [0.15, 0.2) is 33.8 Å². The van der Waals surface area contributed by atoms with Crippen LogP contribution in [0.2, 0.25) is 0 Å². The lowest BCUT2D eigenvalue weighted by Gasteiger charge is -2.14. The van der Waals surface area contributed by atoms with E-state index in [4.69, 9.17) is 10.2 Å². The van der Waals surface area contributed by atoms with Gasteiger partial charge in [0.15, 0.2) is 19.7 Å². The molecule has 0 unspecified atom stereocenters. The average Bonchev–Trinajstić information content (AvgIpc) is 2.99. The van der Waals surface area contributed by atoms with Crippen LogP contribution in [0.25, 0.3) is 0 Å². The Morgan fingerprint density at radius 1 is 1.00 bits per heavy atom. The van der Waals surface area contributed by atoms with Crippen LogP contribution in [-0.4, -0.2) is 44.1 Å². The van der Waals surface area contributed by atoms with E-state index in [0.29, 0.717) is 0 Å². The monoisotopic (exact) mass is 381 g/mol. The van der Waals surface area contributed by atoms with Crippen molar-refractivity contribution in [2.75, 3.05) is 18.2 Å². The maximum atomic E-state index is 10.7. The van der Waals surface area contributed by atoms with Crippen LogP contribution in [0.3, 0.4) is 0 Å². The fourth-order valence-corrected chi connectivity index (χ4v) is 1.37. The van der Waals surface area contributed by atoms with Gasteiger partial charge < -0.3 is 14.6 Å². The highest BCUT2D eigenvalue weighted by molar-refractivity contribution is 7.92. The number of aromatic nitrogens is 2. The molecule has 2 heterocycles. The first-order chi connectivity index (χ1) is 10.7. The average molecular weight is 381 g/mol. The summed E-state index contributed by atoms with van der Waals surface area (Å²) >= 11 is 0. The Hall–Kier alpha value is -1.88. The fourth-order valence-electron chi connectivity index (χ4n) is 0.783. The second-order valence-corrected chi connectivity index (χ2v) is 10.7. The molecule has 0 bridgehead atoms. The van der Waals surface area contributed by atoms with E-state index in [-0.39, 0.29) is 17.7 Å². The first kappa shape index (κ1) is 22.1. The third-order valence-electron chi connectivity index (χ3n) is 2.43. The quantitative estimate of drug-likeness (QED) is 0.813. The Kier molecular flexibility index (Phi) is 8.14. The van der Waals surface area contributed by atoms with Crippen LogP contribution in [0.1, 0.15) is 26.7 Å². The maximum Gasteiger partial charge on any atom is 0.291 e. The molecule has 2 N–H and O–H groups in total. The second kappa shape index (κ2) is 8.83. The van der Waals surface area contributed by atoms with Gasteiger partial charge in [-0.25, -0.2) is 26.8 Å². The molecular formula is C13H23N3O6S2.